The maximum atomic E-state index is 12.9. The average molecular weight is 476 g/mol. The summed E-state index contributed by atoms with van der Waals surface area (Å²) in [7, 11) is -2.41. The maximum Gasteiger partial charge on any atom is 0.216 e. The Morgan fingerprint density at radius 1 is 0.971 bits per heavy atom. The van der Waals surface area contributed by atoms with Crippen LogP contribution in [0.5, 0.6) is 11.5 Å². The smallest absolute Gasteiger partial charge is 0.216 e. The van der Waals surface area contributed by atoms with E-state index in [-0.39, 0.29) is 15.2 Å². The topological polar surface area (TPSA) is 76.4 Å². The molecule has 6 heteroatoms. The van der Waals surface area contributed by atoms with Gasteiger partial charge in [0.25, 0.3) is 0 Å². The second-order valence-electron chi connectivity index (χ2n) is 9.08. The average Bonchev–Trinajstić information content (AvgIpc) is 2.81. The predicted molar refractivity (Wildman–Crippen MR) is 134 cm³/mol. The molecule has 0 aliphatic carbocycles. The highest BCUT2D eigenvalue weighted by atomic mass is 32.2. The molecular weight excluding hydrogens is 446 g/mol. The SMILES string of the molecule is COc1cc(/C=C(\C#N)S(=O)(=O)c2ccc(C)cc2)ccc1OCc1ccc(C(C)(C)C)cc1. The van der Waals surface area contributed by atoms with Crippen molar-refractivity contribution in [2.24, 2.45) is 0 Å². The van der Waals surface area contributed by atoms with Crippen LogP contribution in [-0.2, 0) is 21.9 Å². The molecule has 3 aromatic rings. The fourth-order valence-electron chi connectivity index (χ4n) is 3.32. The number of ether oxygens (including phenoxy) is 2. The van der Waals surface area contributed by atoms with Gasteiger partial charge in [0.1, 0.15) is 17.6 Å². The third-order valence-electron chi connectivity index (χ3n) is 5.43. The van der Waals surface area contributed by atoms with Gasteiger partial charge in [0, 0.05) is 0 Å². The lowest BCUT2D eigenvalue weighted by Gasteiger charge is -2.19. The van der Waals surface area contributed by atoms with Crippen LogP contribution in [0.1, 0.15) is 43.0 Å². The van der Waals surface area contributed by atoms with Crippen LogP contribution in [0.3, 0.4) is 0 Å². The van der Waals surface area contributed by atoms with E-state index in [0.29, 0.717) is 23.7 Å². The molecule has 0 aliphatic rings. The number of benzene rings is 3. The van der Waals surface area contributed by atoms with E-state index in [0.717, 1.165) is 11.1 Å². The Bertz CT molecular complexity index is 1330. The standard InChI is InChI=1S/C28H29NO4S/c1-20-6-13-24(14-7-20)34(30,31)25(18-29)16-22-10-15-26(27(17-22)32-5)33-19-21-8-11-23(12-9-21)28(2,3)4/h6-17H,19H2,1-5H3/b25-16+. The van der Waals surface area contributed by atoms with E-state index >= 15 is 0 Å². The summed E-state index contributed by atoms with van der Waals surface area (Å²) in [5, 5.41) is 9.55. The van der Waals surface area contributed by atoms with Gasteiger partial charge in [-0.1, -0.05) is 68.8 Å². The lowest BCUT2D eigenvalue weighted by atomic mass is 9.87. The Morgan fingerprint density at radius 2 is 1.62 bits per heavy atom. The minimum atomic E-state index is -3.93. The molecule has 0 heterocycles. The van der Waals surface area contributed by atoms with Crippen LogP contribution in [0.2, 0.25) is 0 Å². The van der Waals surface area contributed by atoms with Gasteiger partial charge in [-0.2, -0.15) is 5.26 Å². The summed E-state index contributed by atoms with van der Waals surface area (Å²) < 4.78 is 37.2. The Morgan fingerprint density at radius 3 is 2.18 bits per heavy atom. The van der Waals surface area contributed by atoms with Gasteiger partial charge in [0.15, 0.2) is 11.5 Å². The number of allylic oxidation sites excluding steroid dienone is 1. The lowest BCUT2D eigenvalue weighted by Crippen LogP contribution is -2.10. The van der Waals surface area contributed by atoms with Gasteiger partial charge in [-0.3, -0.25) is 0 Å². The van der Waals surface area contributed by atoms with Crippen molar-refractivity contribution in [2.75, 3.05) is 7.11 Å². The van der Waals surface area contributed by atoms with Crippen LogP contribution in [0, 0.1) is 18.3 Å². The molecule has 0 spiro atoms. The normalized spacial score (nSPS) is 12.2. The third kappa shape index (κ3) is 5.86. The number of hydrogen-bond acceptors (Lipinski definition) is 5. The van der Waals surface area contributed by atoms with Crippen molar-refractivity contribution in [3.05, 3.63) is 93.9 Å². The first-order valence-corrected chi connectivity index (χ1v) is 12.4. The second-order valence-corrected chi connectivity index (χ2v) is 11.0. The molecule has 0 bridgehead atoms. The zero-order valence-corrected chi connectivity index (χ0v) is 20.9. The molecule has 0 atom stereocenters. The van der Waals surface area contributed by atoms with E-state index in [2.05, 4.69) is 32.9 Å². The van der Waals surface area contributed by atoms with Crippen LogP contribution < -0.4 is 9.47 Å². The first kappa shape index (κ1) is 25.1. The van der Waals surface area contributed by atoms with Gasteiger partial charge in [-0.15, -0.1) is 0 Å². The zero-order chi connectivity index (χ0) is 24.9. The van der Waals surface area contributed by atoms with Crippen LogP contribution >= 0.6 is 0 Å². The third-order valence-corrected chi connectivity index (χ3v) is 7.11. The lowest BCUT2D eigenvalue weighted by molar-refractivity contribution is 0.284. The molecule has 0 saturated carbocycles. The number of methoxy groups -OCH3 is 1. The highest BCUT2D eigenvalue weighted by Gasteiger charge is 2.21. The van der Waals surface area contributed by atoms with Gasteiger partial charge in [0.2, 0.25) is 9.84 Å². The minimum Gasteiger partial charge on any atom is -0.493 e. The predicted octanol–water partition coefficient (Wildman–Crippen LogP) is 6.22. The minimum absolute atomic E-state index is 0.0790. The second kappa shape index (κ2) is 10.1. The zero-order valence-electron chi connectivity index (χ0n) is 20.1. The van der Waals surface area contributed by atoms with Crippen molar-refractivity contribution in [3.63, 3.8) is 0 Å². The quantitative estimate of drug-likeness (QED) is 0.379. The van der Waals surface area contributed by atoms with Gasteiger partial charge in [-0.05, 0) is 59.4 Å². The Balaban J connectivity index is 1.82. The van der Waals surface area contributed by atoms with Crippen molar-refractivity contribution in [1.82, 2.24) is 0 Å². The molecule has 0 fully saturated rings. The van der Waals surface area contributed by atoms with Crippen LogP contribution in [-0.4, -0.2) is 15.5 Å². The Hall–Kier alpha value is -3.56. The van der Waals surface area contributed by atoms with E-state index in [1.54, 1.807) is 30.3 Å². The van der Waals surface area contributed by atoms with E-state index in [1.807, 2.05) is 25.1 Å². The number of hydrogen-bond donors (Lipinski definition) is 0. The molecule has 0 unspecified atom stereocenters. The Kier molecular flexibility index (Phi) is 7.48. The molecule has 0 saturated heterocycles. The first-order valence-electron chi connectivity index (χ1n) is 10.9. The highest BCUT2D eigenvalue weighted by molar-refractivity contribution is 7.95. The summed E-state index contributed by atoms with van der Waals surface area (Å²) >= 11 is 0. The Labute approximate surface area is 202 Å². The molecule has 3 rings (SSSR count). The van der Waals surface area contributed by atoms with Crippen molar-refractivity contribution >= 4 is 15.9 Å². The van der Waals surface area contributed by atoms with Gasteiger partial charge in [-0.25, -0.2) is 8.42 Å². The van der Waals surface area contributed by atoms with Crippen LogP contribution in [0.15, 0.2) is 76.5 Å². The summed E-state index contributed by atoms with van der Waals surface area (Å²) in [5.41, 5.74) is 3.81. The summed E-state index contributed by atoms with van der Waals surface area (Å²) in [6.07, 6.45) is 1.34. The molecular formula is C28H29NO4S. The molecule has 3 aromatic carbocycles. The van der Waals surface area contributed by atoms with Gasteiger partial charge in [0.05, 0.1) is 12.0 Å². The largest absolute Gasteiger partial charge is 0.493 e. The van der Waals surface area contributed by atoms with Crippen molar-refractivity contribution < 1.29 is 17.9 Å². The van der Waals surface area contributed by atoms with Crippen LogP contribution in [0.25, 0.3) is 6.08 Å². The number of rotatable bonds is 7. The molecule has 0 radical (unpaired) electrons. The fourth-order valence-corrected chi connectivity index (χ4v) is 4.48. The van der Waals surface area contributed by atoms with E-state index in [1.165, 1.54) is 30.9 Å². The van der Waals surface area contributed by atoms with Gasteiger partial charge >= 0.3 is 0 Å². The van der Waals surface area contributed by atoms with Crippen molar-refractivity contribution in [2.45, 2.75) is 44.6 Å². The molecule has 0 amide bonds. The maximum absolute atomic E-state index is 12.9. The van der Waals surface area contributed by atoms with Crippen LogP contribution in [0.4, 0.5) is 0 Å². The van der Waals surface area contributed by atoms with E-state index in [4.69, 9.17) is 9.47 Å². The number of aryl methyl sites for hydroxylation is 1. The fraction of sp³-hybridized carbons (Fsp3) is 0.250. The summed E-state index contributed by atoms with van der Waals surface area (Å²) in [5.74, 6) is 0.976. The molecule has 176 valence electrons. The number of nitriles is 1. The summed E-state index contributed by atoms with van der Waals surface area (Å²) in [4.78, 5) is -0.263. The molecule has 34 heavy (non-hydrogen) atoms. The molecule has 0 aliphatic heterocycles. The van der Waals surface area contributed by atoms with Crippen molar-refractivity contribution in [1.29, 1.82) is 5.26 Å². The highest BCUT2D eigenvalue weighted by Crippen LogP contribution is 2.31. The first-order chi connectivity index (χ1) is 16.0. The summed E-state index contributed by atoms with van der Waals surface area (Å²) in [6, 6.07) is 21.6. The van der Waals surface area contributed by atoms with Gasteiger partial charge < -0.3 is 9.47 Å². The molecule has 0 aromatic heterocycles. The summed E-state index contributed by atoms with van der Waals surface area (Å²) in [6.45, 7) is 8.74. The molecule has 5 nitrogen and oxygen atoms in total. The molecule has 0 N–H and O–H groups in total. The van der Waals surface area contributed by atoms with E-state index in [9.17, 15) is 13.7 Å². The van der Waals surface area contributed by atoms with E-state index < -0.39 is 9.84 Å². The number of nitrogens with zero attached hydrogens (tertiary/aromatic N) is 1. The number of sulfone groups is 1. The monoisotopic (exact) mass is 475 g/mol. The van der Waals surface area contributed by atoms with Crippen molar-refractivity contribution in [3.8, 4) is 17.6 Å².